The van der Waals surface area contributed by atoms with Gasteiger partial charge in [-0.05, 0) is 31.7 Å². The van der Waals surface area contributed by atoms with Crippen LogP contribution < -0.4 is 5.32 Å². The molecule has 0 radical (unpaired) electrons. The van der Waals surface area contributed by atoms with Gasteiger partial charge in [-0.3, -0.25) is 4.68 Å². The number of aryl methyl sites for hydroxylation is 2. The largest absolute Gasteiger partial charge is 0.314 e. The molecule has 1 rings (SSSR count). The van der Waals surface area contributed by atoms with Gasteiger partial charge in [-0.15, -0.1) is 0 Å². The molecule has 0 aliphatic rings. The van der Waals surface area contributed by atoms with Crippen LogP contribution in [0.4, 0.5) is 0 Å². The molecule has 0 spiro atoms. The summed E-state index contributed by atoms with van der Waals surface area (Å²) in [6, 6.07) is 0.547. The van der Waals surface area contributed by atoms with Crippen molar-refractivity contribution in [3.8, 4) is 0 Å². The Morgan fingerprint density at radius 2 is 2.00 bits per heavy atom. The summed E-state index contributed by atoms with van der Waals surface area (Å²) in [7, 11) is 1.99. The van der Waals surface area contributed by atoms with Gasteiger partial charge in [0.1, 0.15) is 0 Å². The van der Waals surface area contributed by atoms with Crippen LogP contribution in [0.3, 0.4) is 0 Å². The van der Waals surface area contributed by atoms with Gasteiger partial charge < -0.3 is 5.32 Å². The average Bonchev–Trinajstić information content (AvgIpc) is 2.63. The molecule has 0 bridgehead atoms. The minimum Gasteiger partial charge on any atom is -0.314 e. The van der Waals surface area contributed by atoms with Crippen LogP contribution in [0.2, 0.25) is 5.02 Å². The third kappa shape index (κ3) is 3.48. The van der Waals surface area contributed by atoms with E-state index in [2.05, 4.69) is 38.1 Å². The van der Waals surface area contributed by atoms with Gasteiger partial charge in [-0.25, -0.2) is 0 Å². The number of nitrogens with one attached hydrogen (secondary N) is 1. The highest BCUT2D eigenvalue weighted by atomic mass is 35.5. The highest BCUT2D eigenvalue weighted by Gasteiger charge is 2.20. The van der Waals surface area contributed by atoms with Crippen molar-refractivity contribution in [2.75, 3.05) is 6.54 Å². The van der Waals surface area contributed by atoms with Crippen LogP contribution in [0.1, 0.15) is 45.5 Å². The lowest BCUT2D eigenvalue weighted by atomic mass is 9.94. The Balaban J connectivity index is 2.80. The standard InChI is InChI=1S/C14H26ClN3/c1-6-11(16-8-3)10(4)9-13-14(15)12(7-2)17-18(13)5/h10-11,16H,6-9H2,1-5H3. The fraction of sp³-hybridized carbons (Fsp3) is 0.786. The molecular weight excluding hydrogens is 246 g/mol. The van der Waals surface area contributed by atoms with Crippen molar-refractivity contribution in [1.29, 1.82) is 0 Å². The van der Waals surface area contributed by atoms with Crippen LogP contribution in [0, 0.1) is 5.92 Å². The summed E-state index contributed by atoms with van der Waals surface area (Å²) in [6.45, 7) is 9.77. The van der Waals surface area contributed by atoms with Crippen LogP contribution in [0.5, 0.6) is 0 Å². The van der Waals surface area contributed by atoms with Gasteiger partial charge in [0.15, 0.2) is 0 Å². The molecule has 0 aliphatic carbocycles. The Kier molecular flexibility index (Phi) is 6.16. The Morgan fingerprint density at radius 3 is 2.44 bits per heavy atom. The van der Waals surface area contributed by atoms with E-state index in [-0.39, 0.29) is 0 Å². The van der Waals surface area contributed by atoms with E-state index in [0.717, 1.165) is 42.2 Å². The zero-order valence-corrected chi connectivity index (χ0v) is 13.0. The van der Waals surface area contributed by atoms with Gasteiger partial charge in [0.2, 0.25) is 0 Å². The number of rotatable bonds is 7. The van der Waals surface area contributed by atoms with E-state index in [4.69, 9.17) is 11.6 Å². The monoisotopic (exact) mass is 271 g/mol. The third-order valence-corrected chi connectivity index (χ3v) is 4.05. The average molecular weight is 272 g/mol. The SMILES string of the molecule is CCNC(CC)C(C)Cc1c(Cl)c(CC)nn1C. The Hall–Kier alpha value is -0.540. The first-order valence-electron chi connectivity index (χ1n) is 6.98. The van der Waals surface area contributed by atoms with Gasteiger partial charge in [0, 0.05) is 13.1 Å². The van der Waals surface area contributed by atoms with Gasteiger partial charge >= 0.3 is 0 Å². The number of nitrogens with zero attached hydrogens (tertiary/aromatic N) is 2. The molecule has 4 heteroatoms. The predicted octanol–water partition coefficient (Wildman–Crippen LogP) is 3.20. The summed E-state index contributed by atoms with van der Waals surface area (Å²) in [5, 5.41) is 8.88. The molecule has 0 fully saturated rings. The molecule has 1 aromatic heterocycles. The number of halogens is 1. The van der Waals surface area contributed by atoms with Crippen LogP contribution in [0.15, 0.2) is 0 Å². The molecule has 0 saturated heterocycles. The molecule has 1 aromatic rings. The van der Waals surface area contributed by atoms with Crippen LogP contribution in [0.25, 0.3) is 0 Å². The Labute approximate surface area is 116 Å². The molecule has 0 saturated carbocycles. The smallest absolute Gasteiger partial charge is 0.0849 e. The Bertz CT molecular complexity index is 373. The topological polar surface area (TPSA) is 29.9 Å². The lowest BCUT2D eigenvalue weighted by Gasteiger charge is -2.23. The van der Waals surface area contributed by atoms with Gasteiger partial charge in [0.25, 0.3) is 0 Å². The summed E-state index contributed by atoms with van der Waals surface area (Å²) >= 11 is 6.40. The van der Waals surface area contributed by atoms with E-state index in [1.54, 1.807) is 0 Å². The fourth-order valence-electron chi connectivity index (χ4n) is 2.50. The van der Waals surface area contributed by atoms with E-state index in [0.29, 0.717) is 12.0 Å². The molecule has 2 unspecified atom stereocenters. The van der Waals surface area contributed by atoms with Crippen molar-refractivity contribution in [1.82, 2.24) is 15.1 Å². The second-order valence-corrected chi connectivity index (χ2v) is 5.32. The summed E-state index contributed by atoms with van der Waals surface area (Å²) in [5.41, 5.74) is 2.18. The quantitative estimate of drug-likeness (QED) is 0.825. The highest BCUT2D eigenvalue weighted by Crippen LogP contribution is 2.24. The minimum atomic E-state index is 0.547. The second-order valence-electron chi connectivity index (χ2n) is 4.94. The Morgan fingerprint density at radius 1 is 1.33 bits per heavy atom. The molecule has 2 atom stereocenters. The maximum atomic E-state index is 6.40. The van der Waals surface area contributed by atoms with Crippen LogP contribution >= 0.6 is 11.6 Å². The number of hydrogen-bond donors (Lipinski definition) is 1. The summed E-state index contributed by atoms with van der Waals surface area (Å²) in [4.78, 5) is 0. The molecule has 18 heavy (non-hydrogen) atoms. The first kappa shape index (κ1) is 15.5. The summed E-state index contributed by atoms with van der Waals surface area (Å²) in [5.74, 6) is 0.563. The summed E-state index contributed by atoms with van der Waals surface area (Å²) in [6.07, 6.45) is 3.02. The maximum absolute atomic E-state index is 6.40. The molecule has 1 N–H and O–H groups in total. The van der Waals surface area contributed by atoms with E-state index < -0.39 is 0 Å². The number of aromatic nitrogens is 2. The maximum Gasteiger partial charge on any atom is 0.0849 e. The van der Waals surface area contributed by atoms with Gasteiger partial charge in [-0.1, -0.05) is 39.3 Å². The molecule has 104 valence electrons. The molecular formula is C14H26ClN3. The van der Waals surface area contributed by atoms with Gasteiger partial charge in [-0.2, -0.15) is 5.10 Å². The zero-order valence-electron chi connectivity index (χ0n) is 12.3. The van der Waals surface area contributed by atoms with Gasteiger partial charge in [0.05, 0.1) is 16.4 Å². The zero-order chi connectivity index (χ0) is 13.7. The molecule has 0 aromatic carbocycles. The first-order chi connectivity index (χ1) is 8.54. The molecule has 1 heterocycles. The highest BCUT2D eigenvalue weighted by molar-refractivity contribution is 6.31. The van der Waals surface area contributed by atoms with E-state index in [1.165, 1.54) is 0 Å². The molecule has 0 amide bonds. The summed E-state index contributed by atoms with van der Waals surface area (Å²) < 4.78 is 1.94. The minimum absolute atomic E-state index is 0.547. The molecule has 0 aliphatic heterocycles. The first-order valence-corrected chi connectivity index (χ1v) is 7.36. The number of hydrogen-bond acceptors (Lipinski definition) is 2. The lowest BCUT2D eigenvalue weighted by molar-refractivity contribution is 0.365. The van der Waals surface area contributed by atoms with E-state index in [9.17, 15) is 0 Å². The second kappa shape index (κ2) is 7.15. The van der Waals surface area contributed by atoms with E-state index >= 15 is 0 Å². The van der Waals surface area contributed by atoms with Crippen molar-refractivity contribution >= 4 is 11.6 Å². The van der Waals surface area contributed by atoms with Crippen molar-refractivity contribution in [3.63, 3.8) is 0 Å². The normalized spacial score (nSPS) is 14.8. The fourth-order valence-corrected chi connectivity index (χ4v) is 2.87. The van der Waals surface area contributed by atoms with Crippen molar-refractivity contribution < 1.29 is 0 Å². The van der Waals surface area contributed by atoms with E-state index in [1.807, 2.05) is 11.7 Å². The van der Waals surface area contributed by atoms with Crippen molar-refractivity contribution in [2.45, 2.75) is 53.0 Å². The van der Waals surface area contributed by atoms with Crippen molar-refractivity contribution in [3.05, 3.63) is 16.4 Å². The van der Waals surface area contributed by atoms with Crippen LogP contribution in [-0.4, -0.2) is 22.4 Å². The lowest BCUT2D eigenvalue weighted by Crippen LogP contribution is -2.35. The predicted molar refractivity (Wildman–Crippen MR) is 78.2 cm³/mol. The third-order valence-electron chi connectivity index (χ3n) is 3.61. The molecule has 3 nitrogen and oxygen atoms in total. The van der Waals surface area contributed by atoms with Crippen LogP contribution in [-0.2, 0) is 19.9 Å². The van der Waals surface area contributed by atoms with Crippen molar-refractivity contribution in [2.24, 2.45) is 13.0 Å².